The maximum Gasteiger partial charge on any atom is 0.338 e. The normalized spacial score (nSPS) is 15.5. The Labute approximate surface area is 192 Å². The number of carbonyl (C=O) groups excluding carboxylic acids is 2. The maximum atomic E-state index is 13.0. The van der Waals surface area contributed by atoms with E-state index in [1.165, 1.54) is 0 Å². The molecule has 32 heavy (non-hydrogen) atoms. The quantitative estimate of drug-likeness (QED) is 0.424. The minimum Gasteiger partial charge on any atom is -0.490 e. The van der Waals surface area contributed by atoms with Gasteiger partial charge in [0.2, 0.25) is 0 Å². The van der Waals surface area contributed by atoms with Gasteiger partial charge >= 0.3 is 12.0 Å². The van der Waals surface area contributed by atoms with Crippen LogP contribution >= 0.6 is 11.6 Å². The molecule has 1 aliphatic rings. The van der Waals surface area contributed by atoms with Gasteiger partial charge in [0.15, 0.2) is 11.5 Å². The third-order valence-corrected chi connectivity index (χ3v) is 4.99. The molecule has 1 atom stereocenters. The van der Waals surface area contributed by atoms with E-state index in [1.54, 1.807) is 37.3 Å². The van der Waals surface area contributed by atoms with E-state index in [0.717, 1.165) is 0 Å². The Bertz CT molecular complexity index is 1040. The van der Waals surface area contributed by atoms with Crippen molar-refractivity contribution < 1.29 is 23.8 Å². The average molecular weight is 457 g/mol. The summed E-state index contributed by atoms with van der Waals surface area (Å²) in [6.45, 7) is 8.04. The van der Waals surface area contributed by atoms with Crippen LogP contribution in [0.3, 0.4) is 0 Å². The summed E-state index contributed by atoms with van der Waals surface area (Å²) < 4.78 is 16.7. The number of benzene rings is 2. The summed E-state index contributed by atoms with van der Waals surface area (Å²) in [5.74, 6) is 0.307. The van der Waals surface area contributed by atoms with Gasteiger partial charge in [-0.2, -0.15) is 0 Å². The average Bonchev–Trinajstić information content (AvgIpc) is 2.79. The zero-order chi connectivity index (χ0) is 23.1. The van der Waals surface area contributed by atoms with Crippen LogP contribution in [-0.2, 0) is 9.53 Å². The molecular formula is C24H25ClN2O5. The molecule has 8 heteroatoms. The molecule has 0 aromatic heterocycles. The molecular weight excluding hydrogens is 432 g/mol. The summed E-state index contributed by atoms with van der Waals surface area (Å²) in [7, 11) is 0. The third-order valence-electron chi connectivity index (χ3n) is 4.66. The van der Waals surface area contributed by atoms with Gasteiger partial charge in [0.1, 0.15) is 6.61 Å². The van der Waals surface area contributed by atoms with Gasteiger partial charge < -0.3 is 24.8 Å². The number of amides is 2. The van der Waals surface area contributed by atoms with Crippen molar-refractivity contribution in [1.82, 2.24) is 10.6 Å². The zero-order valence-corrected chi connectivity index (χ0v) is 18.7. The zero-order valence-electron chi connectivity index (χ0n) is 17.9. The molecule has 1 aliphatic heterocycles. The van der Waals surface area contributed by atoms with E-state index in [-0.39, 0.29) is 18.8 Å². The number of hydrogen-bond acceptors (Lipinski definition) is 5. The van der Waals surface area contributed by atoms with Crippen LogP contribution in [0.4, 0.5) is 4.79 Å². The smallest absolute Gasteiger partial charge is 0.338 e. The number of hydrogen-bond donors (Lipinski definition) is 2. The van der Waals surface area contributed by atoms with Gasteiger partial charge in [-0.05, 0) is 25.5 Å². The maximum absolute atomic E-state index is 13.0. The molecule has 7 nitrogen and oxygen atoms in total. The van der Waals surface area contributed by atoms with Crippen LogP contribution < -0.4 is 20.1 Å². The highest BCUT2D eigenvalue weighted by Gasteiger charge is 2.36. The summed E-state index contributed by atoms with van der Waals surface area (Å²) in [4.78, 5) is 25.6. The van der Waals surface area contributed by atoms with Crippen LogP contribution in [0.1, 0.15) is 31.0 Å². The van der Waals surface area contributed by atoms with Gasteiger partial charge in [0, 0.05) is 11.6 Å². The van der Waals surface area contributed by atoms with Crippen LogP contribution in [0, 0.1) is 0 Å². The van der Waals surface area contributed by atoms with Crippen molar-refractivity contribution in [2.75, 3.05) is 19.8 Å². The summed E-state index contributed by atoms with van der Waals surface area (Å²) >= 11 is 6.59. The van der Waals surface area contributed by atoms with Gasteiger partial charge in [-0.1, -0.05) is 54.6 Å². The number of esters is 1. The highest BCUT2D eigenvalue weighted by atomic mass is 35.5. The van der Waals surface area contributed by atoms with Crippen molar-refractivity contribution in [3.05, 3.63) is 76.8 Å². The van der Waals surface area contributed by atoms with E-state index in [0.29, 0.717) is 40.0 Å². The predicted molar refractivity (Wildman–Crippen MR) is 123 cm³/mol. The summed E-state index contributed by atoms with van der Waals surface area (Å²) in [6, 6.07) is 11.0. The van der Waals surface area contributed by atoms with Gasteiger partial charge in [-0.25, -0.2) is 9.59 Å². The first-order chi connectivity index (χ1) is 15.5. The molecule has 0 spiro atoms. The Hall–Kier alpha value is -3.45. The molecule has 2 aromatic rings. The molecule has 0 saturated heterocycles. The molecule has 2 N–H and O–H groups in total. The molecule has 0 fully saturated rings. The fraction of sp³-hybridized carbons (Fsp3) is 0.250. The fourth-order valence-electron chi connectivity index (χ4n) is 3.36. The number of carbonyl (C=O) groups is 2. The molecule has 0 aliphatic carbocycles. The molecule has 168 valence electrons. The SMILES string of the molecule is C=CCOc1cc(Cl)c([C@H]2NC(=O)NC(c3ccccc3)=C2C(=O)OCC)cc1OCC. The van der Waals surface area contributed by atoms with Crippen LogP contribution in [0.5, 0.6) is 11.5 Å². The van der Waals surface area contributed by atoms with E-state index in [2.05, 4.69) is 17.2 Å². The van der Waals surface area contributed by atoms with Gasteiger partial charge in [0.25, 0.3) is 0 Å². The molecule has 3 rings (SSSR count). The first-order valence-corrected chi connectivity index (χ1v) is 10.6. The van der Waals surface area contributed by atoms with Crippen molar-refractivity contribution in [3.8, 4) is 11.5 Å². The number of halogens is 1. The van der Waals surface area contributed by atoms with Crippen molar-refractivity contribution >= 4 is 29.3 Å². The lowest BCUT2D eigenvalue weighted by Gasteiger charge is -2.30. The van der Waals surface area contributed by atoms with Crippen LogP contribution in [0.2, 0.25) is 5.02 Å². The van der Waals surface area contributed by atoms with Gasteiger partial charge in [-0.15, -0.1) is 0 Å². The largest absolute Gasteiger partial charge is 0.490 e. The highest BCUT2D eigenvalue weighted by Crippen LogP contribution is 2.41. The third kappa shape index (κ3) is 5.06. The highest BCUT2D eigenvalue weighted by molar-refractivity contribution is 6.31. The Balaban J connectivity index is 2.19. The fourth-order valence-corrected chi connectivity index (χ4v) is 3.62. The molecule has 0 radical (unpaired) electrons. The predicted octanol–water partition coefficient (Wildman–Crippen LogP) is 4.63. The van der Waals surface area contributed by atoms with Gasteiger partial charge in [-0.3, -0.25) is 0 Å². The monoisotopic (exact) mass is 456 g/mol. The molecule has 2 amide bonds. The molecule has 2 aromatic carbocycles. The molecule has 0 saturated carbocycles. The number of ether oxygens (including phenoxy) is 3. The van der Waals surface area contributed by atoms with Gasteiger partial charge in [0.05, 0.1) is 35.5 Å². The van der Waals surface area contributed by atoms with Crippen LogP contribution in [0.25, 0.3) is 5.70 Å². The number of nitrogens with one attached hydrogen (secondary N) is 2. The lowest BCUT2D eigenvalue weighted by molar-refractivity contribution is -0.138. The lowest BCUT2D eigenvalue weighted by Crippen LogP contribution is -2.45. The van der Waals surface area contributed by atoms with E-state index in [9.17, 15) is 9.59 Å². The number of rotatable bonds is 9. The van der Waals surface area contributed by atoms with Crippen molar-refractivity contribution in [2.24, 2.45) is 0 Å². The summed E-state index contributed by atoms with van der Waals surface area (Å²) in [5, 5.41) is 5.83. The molecule has 1 heterocycles. The van der Waals surface area contributed by atoms with Crippen LogP contribution in [-0.4, -0.2) is 31.8 Å². The van der Waals surface area contributed by atoms with Crippen LogP contribution in [0.15, 0.2) is 60.7 Å². The Morgan fingerprint density at radius 3 is 2.50 bits per heavy atom. The summed E-state index contributed by atoms with van der Waals surface area (Å²) in [6.07, 6.45) is 1.61. The Morgan fingerprint density at radius 2 is 1.84 bits per heavy atom. The van der Waals surface area contributed by atoms with E-state index in [1.807, 2.05) is 25.1 Å². The Morgan fingerprint density at radius 1 is 1.12 bits per heavy atom. The van der Waals surface area contributed by atoms with E-state index in [4.69, 9.17) is 25.8 Å². The minimum atomic E-state index is -0.863. The first-order valence-electron chi connectivity index (χ1n) is 10.2. The van der Waals surface area contributed by atoms with E-state index < -0.39 is 18.0 Å². The standard InChI is InChI=1S/C24H25ClN2O5/c1-4-12-32-19-14-17(25)16(13-18(19)30-5-2)22-20(23(28)31-6-3)21(26-24(29)27-22)15-10-8-7-9-11-15/h4,7-11,13-14,22H,1,5-6,12H2,2-3H3,(H2,26,27,29)/t22-/m1/s1. The topological polar surface area (TPSA) is 85.9 Å². The second-order valence-corrected chi connectivity index (χ2v) is 7.17. The van der Waals surface area contributed by atoms with Crippen molar-refractivity contribution in [2.45, 2.75) is 19.9 Å². The number of urea groups is 1. The first kappa shape index (κ1) is 23.2. The molecule has 0 bridgehead atoms. The van der Waals surface area contributed by atoms with Crippen molar-refractivity contribution in [1.29, 1.82) is 0 Å². The second kappa shape index (κ2) is 10.7. The Kier molecular flexibility index (Phi) is 7.78. The minimum absolute atomic E-state index is 0.178. The lowest BCUT2D eigenvalue weighted by atomic mass is 9.92. The van der Waals surface area contributed by atoms with Crippen molar-refractivity contribution in [3.63, 3.8) is 0 Å². The summed E-state index contributed by atoms with van der Waals surface area (Å²) in [5.41, 5.74) is 1.75. The second-order valence-electron chi connectivity index (χ2n) is 6.76. The molecule has 0 unspecified atom stereocenters. The van der Waals surface area contributed by atoms with E-state index >= 15 is 0 Å².